The van der Waals surface area contributed by atoms with Crippen LogP contribution in [0.1, 0.15) is 44.0 Å². The number of ketones is 1. The molecular formula is C14H19NO2S. The lowest BCUT2D eigenvalue weighted by atomic mass is 10.1. The van der Waals surface area contributed by atoms with Gasteiger partial charge in [0.05, 0.1) is 6.21 Å². The first-order valence-corrected chi connectivity index (χ1v) is 7.04. The monoisotopic (exact) mass is 265 g/mol. The summed E-state index contributed by atoms with van der Waals surface area (Å²) >= 11 is -1.24. The van der Waals surface area contributed by atoms with E-state index in [1.165, 1.54) is 0 Å². The maximum Gasteiger partial charge on any atom is 0.163 e. The Kier molecular flexibility index (Phi) is 5.56. The molecule has 1 atom stereocenters. The quantitative estimate of drug-likeness (QED) is 0.466. The van der Waals surface area contributed by atoms with Gasteiger partial charge in [-0.1, -0.05) is 34.7 Å². The third-order valence-electron chi connectivity index (χ3n) is 2.29. The third kappa shape index (κ3) is 5.02. The molecule has 0 amide bonds. The van der Waals surface area contributed by atoms with Gasteiger partial charge >= 0.3 is 0 Å². The Labute approximate surface area is 112 Å². The molecule has 0 saturated heterocycles. The Morgan fingerprint density at radius 3 is 2.50 bits per heavy atom. The molecule has 0 bridgehead atoms. The van der Waals surface area contributed by atoms with Gasteiger partial charge in [0, 0.05) is 12.0 Å². The van der Waals surface area contributed by atoms with E-state index in [9.17, 15) is 9.35 Å². The van der Waals surface area contributed by atoms with Crippen LogP contribution in [0.4, 0.5) is 0 Å². The van der Waals surface area contributed by atoms with Crippen LogP contribution in [-0.2, 0) is 11.4 Å². The summed E-state index contributed by atoms with van der Waals surface area (Å²) in [5.41, 5.74) is 0.711. The summed E-state index contributed by atoms with van der Waals surface area (Å²) in [6.07, 6.45) is 2.51. The standard InChI is InChI=1S/C14H19NO2S/c1-14(2,3)18(17)15-11-7-10-13(16)12-8-5-4-6-9-12/h4-6,8-9,11H,7,10H2,1-3H3. The van der Waals surface area contributed by atoms with E-state index in [0.29, 0.717) is 18.4 Å². The fourth-order valence-corrected chi connectivity index (χ4v) is 1.80. The van der Waals surface area contributed by atoms with Gasteiger partial charge in [-0.3, -0.25) is 4.79 Å². The molecule has 98 valence electrons. The van der Waals surface area contributed by atoms with Crippen LogP contribution >= 0.6 is 0 Å². The molecular weight excluding hydrogens is 246 g/mol. The zero-order valence-electron chi connectivity index (χ0n) is 11.1. The lowest BCUT2D eigenvalue weighted by molar-refractivity contribution is 0.0985. The molecule has 3 nitrogen and oxygen atoms in total. The number of Topliss-reactive ketones (excluding diaryl/α,β-unsaturated/α-hetero) is 1. The van der Waals surface area contributed by atoms with Crippen molar-refractivity contribution in [1.29, 1.82) is 0 Å². The summed E-state index contributed by atoms with van der Waals surface area (Å²) in [5.74, 6) is 0.0867. The van der Waals surface area contributed by atoms with Crippen molar-refractivity contribution in [2.24, 2.45) is 4.40 Å². The molecule has 1 unspecified atom stereocenters. The second-order valence-electron chi connectivity index (χ2n) is 4.98. The lowest BCUT2D eigenvalue weighted by Crippen LogP contribution is -2.25. The summed E-state index contributed by atoms with van der Waals surface area (Å²) in [7, 11) is 0. The Hall–Kier alpha value is -1.13. The highest BCUT2D eigenvalue weighted by Crippen LogP contribution is 2.16. The maximum absolute atomic E-state index is 11.7. The number of rotatable bonds is 5. The van der Waals surface area contributed by atoms with E-state index >= 15 is 0 Å². The number of nitrogens with zero attached hydrogens (tertiary/aromatic N) is 1. The molecule has 0 spiro atoms. The van der Waals surface area contributed by atoms with Crippen LogP contribution in [0.25, 0.3) is 0 Å². The average molecular weight is 265 g/mol. The highest BCUT2D eigenvalue weighted by atomic mass is 32.2. The Morgan fingerprint density at radius 1 is 1.33 bits per heavy atom. The third-order valence-corrected chi connectivity index (χ3v) is 3.68. The van der Waals surface area contributed by atoms with E-state index < -0.39 is 11.4 Å². The molecule has 0 aliphatic carbocycles. The van der Waals surface area contributed by atoms with Crippen molar-refractivity contribution in [1.82, 2.24) is 0 Å². The topological polar surface area (TPSA) is 52.5 Å². The minimum Gasteiger partial charge on any atom is -0.591 e. The molecule has 0 radical (unpaired) electrons. The fourth-order valence-electron chi connectivity index (χ4n) is 1.24. The predicted octanol–water partition coefficient (Wildman–Crippen LogP) is 3.18. The highest BCUT2D eigenvalue weighted by molar-refractivity contribution is 7.91. The predicted molar refractivity (Wildman–Crippen MR) is 76.4 cm³/mol. The molecule has 0 aliphatic heterocycles. The molecule has 18 heavy (non-hydrogen) atoms. The largest absolute Gasteiger partial charge is 0.591 e. The van der Waals surface area contributed by atoms with Crippen molar-refractivity contribution >= 4 is 23.4 Å². The summed E-state index contributed by atoms with van der Waals surface area (Å²) in [6, 6.07) is 9.16. The van der Waals surface area contributed by atoms with Gasteiger partial charge in [0.1, 0.15) is 16.1 Å². The summed E-state index contributed by atoms with van der Waals surface area (Å²) in [4.78, 5) is 11.7. The van der Waals surface area contributed by atoms with Crippen LogP contribution in [0.15, 0.2) is 34.7 Å². The number of hydrogen-bond acceptors (Lipinski definition) is 3. The molecule has 0 N–H and O–H groups in total. The lowest BCUT2D eigenvalue weighted by Gasteiger charge is -2.17. The average Bonchev–Trinajstić information content (AvgIpc) is 2.34. The summed E-state index contributed by atoms with van der Waals surface area (Å²) < 4.78 is 15.2. The van der Waals surface area contributed by atoms with Gasteiger partial charge in [0.15, 0.2) is 5.78 Å². The fraction of sp³-hybridized carbons (Fsp3) is 0.429. The van der Waals surface area contributed by atoms with Crippen molar-refractivity contribution < 1.29 is 9.35 Å². The van der Waals surface area contributed by atoms with Crippen molar-refractivity contribution in [3.8, 4) is 0 Å². The van der Waals surface area contributed by atoms with Gasteiger partial charge in [-0.2, -0.15) is 0 Å². The first kappa shape index (κ1) is 14.9. The molecule has 0 aliphatic rings. The molecule has 0 fully saturated rings. The Balaban J connectivity index is 2.39. The van der Waals surface area contributed by atoms with E-state index in [-0.39, 0.29) is 10.5 Å². The van der Waals surface area contributed by atoms with Gasteiger partial charge in [0.2, 0.25) is 0 Å². The van der Waals surface area contributed by atoms with Crippen LogP contribution in [0, 0.1) is 0 Å². The smallest absolute Gasteiger partial charge is 0.163 e. The minimum atomic E-state index is -1.24. The SMILES string of the molecule is CC(C)(C)[S+]([O-])N=CCCC(=O)c1ccccc1. The number of carbonyl (C=O) groups is 1. The molecule has 0 aromatic heterocycles. The van der Waals surface area contributed by atoms with Crippen LogP contribution in [0.5, 0.6) is 0 Å². The van der Waals surface area contributed by atoms with Crippen LogP contribution in [0.2, 0.25) is 0 Å². The van der Waals surface area contributed by atoms with E-state index in [0.717, 1.165) is 0 Å². The summed E-state index contributed by atoms with van der Waals surface area (Å²) in [6.45, 7) is 5.61. The molecule has 1 aromatic rings. The van der Waals surface area contributed by atoms with Crippen LogP contribution < -0.4 is 0 Å². The Morgan fingerprint density at radius 2 is 1.94 bits per heavy atom. The van der Waals surface area contributed by atoms with Gasteiger partial charge in [-0.15, -0.1) is 0 Å². The molecule has 4 heteroatoms. The summed E-state index contributed by atoms with van der Waals surface area (Å²) in [5, 5.41) is 0. The van der Waals surface area contributed by atoms with Gasteiger partial charge in [-0.25, -0.2) is 0 Å². The number of benzene rings is 1. The van der Waals surface area contributed by atoms with Crippen molar-refractivity contribution in [3.63, 3.8) is 0 Å². The van der Waals surface area contributed by atoms with Crippen molar-refractivity contribution in [2.75, 3.05) is 0 Å². The van der Waals surface area contributed by atoms with Crippen LogP contribution in [-0.4, -0.2) is 21.3 Å². The van der Waals surface area contributed by atoms with Crippen molar-refractivity contribution in [2.45, 2.75) is 38.4 Å². The zero-order chi connectivity index (χ0) is 13.6. The Bertz CT molecular complexity index is 410. The normalized spacial score (nSPS) is 13.8. The number of carbonyl (C=O) groups excluding carboxylic acids is 1. The van der Waals surface area contributed by atoms with Gasteiger partial charge in [-0.05, 0) is 27.2 Å². The van der Waals surface area contributed by atoms with E-state index in [1.807, 2.05) is 39.0 Å². The first-order chi connectivity index (χ1) is 8.41. The molecule has 1 aromatic carbocycles. The second-order valence-corrected chi connectivity index (χ2v) is 6.91. The molecule has 0 heterocycles. The maximum atomic E-state index is 11.7. The highest BCUT2D eigenvalue weighted by Gasteiger charge is 2.25. The van der Waals surface area contributed by atoms with Gasteiger partial charge < -0.3 is 4.55 Å². The van der Waals surface area contributed by atoms with Crippen LogP contribution in [0.3, 0.4) is 0 Å². The van der Waals surface area contributed by atoms with Crippen molar-refractivity contribution in [3.05, 3.63) is 35.9 Å². The molecule has 0 saturated carbocycles. The second kappa shape index (κ2) is 6.71. The van der Waals surface area contributed by atoms with E-state index in [4.69, 9.17) is 0 Å². The molecule has 1 rings (SSSR count). The first-order valence-electron chi connectivity index (χ1n) is 5.94. The minimum absolute atomic E-state index is 0.0867. The number of hydrogen-bond donors (Lipinski definition) is 0. The van der Waals surface area contributed by atoms with E-state index in [1.54, 1.807) is 18.3 Å². The van der Waals surface area contributed by atoms with Gasteiger partial charge in [0.25, 0.3) is 0 Å². The zero-order valence-corrected chi connectivity index (χ0v) is 11.9. The van der Waals surface area contributed by atoms with E-state index in [2.05, 4.69) is 4.40 Å².